The van der Waals surface area contributed by atoms with Gasteiger partial charge in [0.1, 0.15) is 12.2 Å². The summed E-state index contributed by atoms with van der Waals surface area (Å²) in [5.74, 6) is 1.54. The van der Waals surface area contributed by atoms with Gasteiger partial charge in [-0.05, 0) is 37.1 Å². The lowest BCUT2D eigenvalue weighted by molar-refractivity contribution is 0.192. The number of hydrogen-bond donors (Lipinski definition) is 0. The molecular formula is C20H23N5. The fraction of sp³-hybridized carbons (Fsp3) is 0.350. The second-order valence-corrected chi connectivity index (χ2v) is 6.70. The number of aromatic nitrogens is 4. The molecule has 25 heavy (non-hydrogen) atoms. The Hall–Kier alpha value is -2.53. The Morgan fingerprint density at radius 1 is 1.00 bits per heavy atom. The predicted molar refractivity (Wildman–Crippen MR) is 97.1 cm³/mol. The second kappa shape index (κ2) is 7.57. The maximum Gasteiger partial charge on any atom is 0.137 e. The van der Waals surface area contributed by atoms with Gasteiger partial charge in [-0.1, -0.05) is 36.4 Å². The van der Waals surface area contributed by atoms with E-state index in [9.17, 15) is 0 Å². The molecule has 1 fully saturated rings. The Morgan fingerprint density at radius 3 is 2.72 bits per heavy atom. The fourth-order valence-electron chi connectivity index (χ4n) is 3.61. The summed E-state index contributed by atoms with van der Waals surface area (Å²) in [6.45, 7) is 3.88. The minimum atomic E-state index is 0.434. The van der Waals surface area contributed by atoms with Crippen LogP contribution < -0.4 is 0 Å². The number of pyridine rings is 1. The van der Waals surface area contributed by atoms with Crippen LogP contribution in [0.2, 0.25) is 0 Å². The van der Waals surface area contributed by atoms with Crippen molar-refractivity contribution in [2.24, 2.45) is 0 Å². The summed E-state index contributed by atoms with van der Waals surface area (Å²) < 4.78 is 2.20. The van der Waals surface area contributed by atoms with Gasteiger partial charge in [-0.25, -0.2) is 0 Å². The van der Waals surface area contributed by atoms with Gasteiger partial charge in [0.05, 0.1) is 12.2 Å². The van der Waals surface area contributed by atoms with E-state index >= 15 is 0 Å². The molecule has 0 spiro atoms. The average molecular weight is 333 g/mol. The van der Waals surface area contributed by atoms with Gasteiger partial charge < -0.3 is 4.57 Å². The third-order valence-corrected chi connectivity index (χ3v) is 4.82. The molecule has 1 saturated heterocycles. The van der Waals surface area contributed by atoms with Gasteiger partial charge in [0.2, 0.25) is 0 Å². The van der Waals surface area contributed by atoms with Crippen molar-refractivity contribution in [3.8, 4) is 0 Å². The number of piperidine rings is 1. The van der Waals surface area contributed by atoms with E-state index < -0.39 is 0 Å². The van der Waals surface area contributed by atoms with Crippen molar-refractivity contribution >= 4 is 0 Å². The molecule has 3 heterocycles. The number of benzene rings is 1. The van der Waals surface area contributed by atoms with Crippen molar-refractivity contribution in [3.05, 3.63) is 78.1 Å². The topological polar surface area (TPSA) is 46.8 Å². The fourth-order valence-corrected chi connectivity index (χ4v) is 3.61. The molecule has 0 bridgehead atoms. The van der Waals surface area contributed by atoms with E-state index in [0.717, 1.165) is 37.7 Å². The normalized spacial score (nSPS) is 18.3. The SMILES string of the molecule is c1ccc(Cn2cnnc2[C@H]2CCCN(Cc3ccccn3)C2)cc1. The second-order valence-electron chi connectivity index (χ2n) is 6.70. The van der Waals surface area contributed by atoms with E-state index in [1.165, 1.54) is 18.4 Å². The van der Waals surface area contributed by atoms with Gasteiger partial charge in [-0.15, -0.1) is 10.2 Å². The molecule has 0 aliphatic carbocycles. The number of rotatable bonds is 5. The Labute approximate surface area is 148 Å². The van der Waals surface area contributed by atoms with Gasteiger partial charge in [-0.3, -0.25) is 9.88 Å². The van der Waals surface area contributed by atoms with E-state index in [0.29, 0.717) is 5.92 Å². The maximum absolute atomic E-state index is 4.46. The molecule has 1 aromatic carbocycles. The largest absolute Gasteiger partial charge is 0.313 e. The number of hydrogen-bond acceptors (Lipinski definition) is 4. The third-order valence-electron chi connectivity index (χ3n) is 4.82. The van der Waals surface area contributed by atoms with Crippen LogP contribution in [0.1, 0.15) is 35.8 Å². The van der Waals surface area contributed by atoms with Crippen LogP contribution in [-0.4, -0.2) is 37.7 Å². The van der Waals surface area contributed by atoms with Crippen LogP contribution in [0, 0.1) is 0 Å². The summed E-state index contributed by atoms with van der Waals surface area (Å²) >= 11 is 0. The summed E-state index contributed by atoms with van der Waals surface area (Å²) in [4.78, 5) is 6.94. The maximum atomic E-state index is 4.46. The monoisotopic (exact) mass is 333 g/mol. The summed E-state index contributed by atoms with van der Waals surface area (Å²) in [5, 5.41) is 8.63. The number of likely N-dealkylation sites (tertiary alicyclic amines) is 1. The Kier molecular flexibility index (Phi) is 4.84. The first-order valence-corrected chi connectivity index (χ1v) is 8.92. The minimum absolute atomic E-state index is 0.434. The van der Waals surface area contributed by atoms with Gasteiger partial charge in [0.25, 0.3) is 0 Å². The van der Waals surface area contributed by atoms with Gasteiger partial charge in [0.15, 0.2) is 0 Å². The molecule has 5 nitrogen and oxygen atoms in total. The molecule has 0 amide bonds. The Bertz CT molecular complexity index is 784. The zero-order chi connectivity index (χ0) is 16.9. The first-order valence-electron chi connectivity index (χ1n) is 8.92. The lowest BCUT2D eigenvalue weighted by Crippen LogP contribution is -2.35. The predicted octanol–water partition coefficient (Wildman–Crippen LogP) is 3.10. The average Bonchev–Trinajstić information content (AvgIpc) is 3.12. The highest BCUT2D eigenvalue weighted by Crippen LogP contribution is 2.26. The molecule has 0 N–H and O–H groups in total. The Balaban J connectivity index is 1.46. The molecule has 2 aromatic heterocycles. The number of nitrogens with zero attached hydrogens (tertiary/aromatic N) is 5. The Morgan fingerprint density at radius 2 is 1.88 bits per heavy atom. The molecular weight excluding hydrogens is 310 g/mol. The first kappa shape index (κ1) is 16.0. The van der Waals surface area contributed by atoms with Crippen molar-refractivity contribution in [3.63, 3.8) is 0 Å². The van der Waals surface area contributed by atoms with Crippen LogP contribution in [0.15, 0.2) is 61.1 Å². The summed E-state index contributed by atoms with van der Waals surface area (Å²) in [6.07, 6.45) is 6.09. The van der Waals surface area contributed by atoms with Gasteiger partial charge in [-0.2, -0.15) is 0 Å². The van der Waals surface area contributed by atoms with Crippen molar-refractivity contribution in [1.82, 2.24) is 24.6 Å². The molecule has 4 rings (SSSR count). The van der Waals surface area contributed by atoms with E-state index in [4.69, 9.17) is 0 Å². The first-order chi connectivity index (χ1) is 12.4. The highest BCUT2D eigenvalue weighted by Gasteiger charge is 2.25. The zero-order valence-electron chi connectivity index (χ0n) is 14.3. The standard InChI is InChI=1S/C20H23N5/c1-2-7-17(8-3-1)13-25-16-22-23-20(25)18-9-6-12-24(14-18)15-19-10-4-5-11-21-19/h1-5,7-8,10-11,16,18H,6,9,12-15H2/t18-/m0/s1. The van der Waals surface area contributed by atoms with Crippen molar-refractivity contribution < 1.29 is 0 Å². The molecule has 1 aliphatic heterocycles. The van der Waals surface area contributed by atoms with Crippen LogP contribution in [0.4, 0.5) is 0 Å². The summed E-state index contributed by atoms with van der Waals surface area (Å²) in [6, 6.07) is 16.6. The lowest BCUT2D eigenvalue weighted by Gasteiger charge is -2.32. The molecule has 5 heteroatoms. The third kappa shape index (κ3) is 3.94. The van der Waals surface area contributed by atoms with Gasteiger partial charge in [0, 0.05) is 25.2 Å². The van der Waals surface area contributed by atoms with Crippen molar-refractivity contribution in [2.45, 2.75) is 31.8 Å². The lowest BCUT2D eigenvalue weighted by atomic mass is 9.97. The van der Waals surface area contributed by atoms with Crippen LogP contribution in [0.5, 0.6) is 0 Å². The molecule has 1 atom stereocenters. The van der Waals surface area contributed by atoms with E-state index in [-0.39, 0.29) is 0 Å². The molecule has 0 radical (unpaired) electrons. The van der Waals surface area contributed by atoms with Crippen molar-refractivity contribution in [1.29, 1.82) is 0 Å². The van der Waals surface area contributed by atoms with Gasteiger partial charge >= 0.3 is 0 Å². The van der Waals surface area contributed by atoms with E-state index in [2.05, 4.69) is 61.0 Å². The molecule has 128 valence electrons. The van der Waals surface area contributed by atoms with Crippen LogP contribution in [0.25, 0.3) is 0 Å². The van der Waals surface area contributed by atoms with Crippen LogP contribution in [-0.2, 0) is 13.1 Å². The summed E-state index contributed by atoms with van der Waals surface area (Å²) in [7, 11) is 0. The van der Waals surface area contributed by atoms with E-state index in [1.807, 2.05) is 24.7 Å². The van der Waals surface area contributed by atoms with E-state index in [1.54, 1.807) is 0 Å². The smallest absolute Gasteiger partial charge is 0.137 e. The highest BCUT2D eigenvalue weighted by molar-refractivity contribution is 5.16. The van der Waals surface area contributed by atoms with Crippen molar-refractivity contribution in [2.75, 3.05) is 13.1 Å². The quantitative estimate of drug-likeness (QED) is 0.720. The highest BCUT2D eigenvalue weighted by atomic mass is 15.3. The molecule has 0 unspecified atom stereocenters. The molecule has 3 aromatic rings. The molecule has 0 saturated carbocycles. The molecule has 1 aliphatic rings. The zero-order valence-corrected chi connectivity index (χ0v) is 14.3. The minimum Gasteiger partial charge on any atom is -0.313 e. The van der Waals surface area contributed by atoms with Crippen LogP contribution in [0.3, 0.4) is 0 Å². The van der Waals surface area contributed by atoms with Crippen LogP contribution >= 0.6 is 0 Å². The summed E-state index contributed by atoms with van der Waals surface area (Å²) in [5.41, 5.74) is 2.42.